The molecule has 1 aromatic rings. The number of hydrogen-bond acceptors (Lipinski definition) is 3. The van der Waals surface area contributed by atoms with Crippen molar-refractivity contribution in [3.63, 3.8) is 0 Å². The topological polar surface area (TPSA) is 60.0 Å². The van der Waals surface area contributed by atoms with E-state index in [1.807, 2.05) is 24.3 Å². The lowest BCUT2D eigenvalue weighted by Crippen LogP contribution is -1.90. The van der Waals surface area contributed by atoms with Crippen molar-refractivity contribution in [2.75, 3.05) is 7.11 Å². The summed E-state index contributed by atoms with van der Waals surface area (Å²) in [7, 11) is 1.62. The van der Waals surface area contributed by atoms with Crippen LogP contribution in [0.5, 0.6) is 5.75 Å². The lowest BCUT2D eigenvalue weighted by atomic mass is 10.2. The lowest BCUT2D eigenvalue weighted by Gasteiger charge is -2.03. The fraction of sp³-hybridized carbons (Fsp3) is 0.250. The van der Waals surface area contributed by atoms with Gasteiger partial charge in [-0.05, 0) is 6.07 Å². The summed E-state index contributed by atoms with van der Waals surface area (Å²) in [5, 5.41) is 6.85. The molecule has 0 unspecified atom stereocenters. The van der Waals surface area contributed by atoms with Crippen LogP contribution < -0.4 is 10.6 Å². The highest BCUT2D eigenvalue weighted by atomic mass is 16.5. The molecule has 0 aliphatic rings. The maximum Gasteiger partial charge on any atom is 0.123 e. The molecule has 4 nitrogen and oxygen atoms in total. The van der Waals surface area contributed by atoms with Gasteiger partial charge in [0.15, 0.2) is 0 Å². The van der Waals surface area contributed by atoms with Crippen molar-refractivity contribution in [2.24, 2.45) is 16.2 Å². The molecule has 0 saturated carbocycles. The van der Waals surface area contributed by atoms with Gasteiger partial charge in [-0.1, -0.05) is 23.4 Å². The Kier molecular flexibility index (Phi) is 3.07. The van der Waals surface area contributed by atoms with Gasteiger partial charge in [-0.2, -0.15) is 5.11 Å². The lowest BCUT2D eigenvalue weighted by molar-refractivity contribution is 0.409. The predicted octanol–water partition coefficient (Wildman–Crippen LogP) is 1.52. The highest BCUT2D eigenvalue weighted by Gasteiger charge is 1.98. The third kappa shape index (κ3) is 1.95. The molecule has 0 spiro atoms. The van der Waals surface area contributed by atoms with Crippen LogP contribution in [0, 0.1) is 0 Å². The molecule has 64 valence electrons. The highest BCUT2D eigenvalue weighted by Crippen LogP contribution is 2.17. The second-order valence-corrected chi connectivity index (χ2v) is 2.23. The summed E-state index contributed by atoms with van der Waals surface area (Å²) >= 11 is 0. The Labute approximate surface area is 71.0 Å². The molecule has 1 rings (SSSR count). The first-order valence-corrected chi connectivity index (χ1v) is 3.57. The standard InChI is InChI=1S/C8H11N3O/c1-12-8-5-3-2-4-7(8)6-10-11-9/h2-5H,6H2,1H3,(H2,9,10). The number of ether oxygens (including phenoxy) is 1. The molecule has 12 heavy (non-hydrogen) atoms. The Hall–Kier alpha value is -1.58. The van der Waals surface area contributed by atoms with Gasteiger partial charge in [-0.3, -0.25) is 0 Å². The zero-order chi connectivity index (χ0) is 8.81. The second kappa shape index (κ2) is 4.33. The first kappa shape index (κ1) is 8.52. The average molecular weight is 165 g/mol. The summed E-state index contributed by atoms with van der Waals surface area (Å²) in [5.41, 5.74) is 0.981. The van der Waals surface area contributed by atoms with Crippen LogP contribution in [0.2, 0.25) is 0 Å². The minimum absolute atomic E-state index is 0.459. The van der Waals surface area contributed by atoms with Crippen molar-refractivity contribution in [2.45, 2.75) is 6.54 Å². The van der Waals surface area contributed by atoms with E-state index in [2.05, 4.69) is 10.3 Å². The van der Waals surface area contributed by atoms with Crippen molar-refractivity contribution >= 4 is 0 Å². The number of nitrogens with zero attached hydrogens (tertiary/aromatic N) is 2. The minimum Gasteiger partial charge on any atom is -0.496 e. The van der Waals surface area contributed by atoms with Crippen molar-refractivity contribution in [3.8, 4) is 5.75 Å². The van der Waals surface area contributed by atoms with Crippen molar-refractivity contribution < 1.29 is 4.74 Å². The minimum atomic E-state index is 0.459. The van der Waals surface area contributed by atoms with Crippen LogP contribution in [0.3, 0.4) is 0 Å². The van der Waals surface area contributed by atoms with E-state index < -0.39 is 0 Å². The van der Waals surface area contributed by atoms with E-state index in [1.54, 1.807) is 7.11 Å². The van der Waals surface area contributed by atoms with E-state index in [1.165, 1.54) is 0 Å². The van der Waals surface area contributed by atoms with Crippen LogP contribution >= 0.6 is 0 Å². The summed E-state index contributed by atoms with van der Waals surface area (Å²) < 4.78 is 5.10. The van der Waals surface area contributed by atoms with Crippen LogP contribution in [0.4, 0.5) is 0 Å². The second-order valence-electron chi connectivity index (χ2n) is 2.23. The predicted molar refractivity (Wildman–Crippen MR) is 45.7 cm³/mol. The quantitative estimate of drug-likeness (QED) is 0.419. The maximum atomic E-state index is 5.10. The Balaban J connectivity index is 2.81. The molecule has 0 aromatic heterocycles. The summed E-state index contributed by atoms with van der Waals surface area (Å²) in [6.45, 7) is 0.459. The molecule has 0 saturated heterocycles. The molecule has 0 aliphatic carbocycles. The van der Waals surface area contributed by atoms with Crippen LogP contribution in [0.25, 0.3) is 0 Å². The first-order valence-electron chi connectivity index (χ1n) is 3.57. The monoisotopic (exact) mass is 165 g/mol. The average Bonchev–Trinajstić information content (AvgIpc) is 2.15. The molecular formula is C8H11N3O. The Morgan fingerprint density at radius 1 is 1.42 bits per heavy atom. The third-order valence-corrected chi connectivity index (χ3v) is 1.52. The SMILES string of the molecule is COc1ccccc1CN=NN. The van der Waals surface area contributed by atoms with Gasteiger partial charge in [-0.25, -0.2) is 0 Å². The van der Waals surface area contributed by atoms with E-state index in [0.29, 0.717) is 6.54 Å². The Morgan fingerprint density at radius 3 is 2.83 bits per heavy atom. The summed E-state index contributed by atoms with van der Waals surface area (Å²) in [6.07, 6.45) is 0. The largest absolute Gasteiger partial charge is 0.496 e. The van der Waals surface area contributed by atoms with Gasteiger partial charge in [0.25, 0.3) is 0 Å². The molecule has 2 N–H and O–H groups in total. The van der Waals surface area contributed by atoms with Crippen molar-refractivity contribution in [1.29, 1.82) is 0 Å². The van der Waals surface area contributed by atoms with Gasteiger partial charge in [0.1, 0.15) is 5.75 Å². The van der Waals surface area contributed by atoms with Gasteiger partial charge in [0.2, 0.25) is 0 Å². The molecule has 0 aliphatic heterocycles. The molecule has 1 aromatic carbocycles. The van der Waals surface area contributed by atoms with Crippen LogP contribution in [-0.4, -0.2) is 7.11 Å². The molecule has 0 atom stereocenters. The normalized spacial score (nSPS) is 10.4. The summed E-state index contributed by atoms with van der Waals surface area (Å²) in [4.78, 5) is 0. The molecule has 0 fully saturated rings. The Bertz CT molecular complexity index is 273. The smallest absolute Gasteiger partial charge is 0.123 e. The van der Waals surface area contributed by atoms with Gasteiger partial charge < -0.3 is 10.6 Å². The molecule has 0 radical (unpaired) electrons. The van der Waals surface area contributed by atoms with E-state index >= 15 is 0 Å². The fourth-order valence-corrected chi connectivity index (χ4v) is 0.951. The molecule has 0 amide bonds. The van der Waals surface area contributed by atoms with E-state index in [-0.39, 0.29) is 0 Å². The Morgan fingerprint density at radius 2 is 2.17 bits per heavy atom. The van der Waals surface area contributed by atoms with E-state index in [4.69, 9.17) is 10.6 Å². The van der Waals surface area contributed by atoms with Gasteiger partial charge in [-0.15, -0.1) is 0 Å². The zero-order valence-corrected chi connectivity index (χ0v) is 6.90. The fourth-order valence-electron chi connectivity index (χ4n) is 0.951. The first-order chi connectivity index (χ1) is 5.88. The molecule has 0 heterocycles. The zero-order valence-electron chi connectivity index (χ0n) is 6.90. The molecule has 4 heteroatoms. The number of nitrogens with two attached hydrogens (primary N) is 1. The van der Waals surface area contributed by atoms with Gasteiger partial charge in [0, 0.05) is 5.56 Å². The van der Waals surface area contributed by atoms with E-state index in [0.717, 1.165) is 11.3 Å². The molecular weight excluding hydrogens is 154 g/mol. The number of rotatable bonds is 3. The number of hydrogen-bond donors (Lipinski definition) is 1. The third-order valence-electron chi connectivity index (χ3n) is 1.52. The van der Waals surface area contributed by atoms with E-state index in [9.17, 15) is 0 Å². The molecule has 0 bridgehead atoms. The van der Waals surface area contributed by atoms with Gasteiger partial charge in [0.05, 0.1) is 13.7 Å². The number of para-hydroxylation sites is 1. The number of methoxy groups -OCH3 is 1. The van der Waals surface area contributed by atoms with Crippen LogP contribution in [0.1, 0.15) is 5.56 Å². The van der Waals surface area contributed by atoms with Crippen LogP contribution in [-0.2, 0) is 6.54 Å². The van der Waals surface area contributed by atoms with Crippen LogP contribution in [0.15, 0.2) is 34.6 Å². The van der Waals surface area contributed by atoms with Crippen molar-refractivity contribution in [3.05, 3.63) is 29.8 Å². The summed E-state index contributed by atoms with van der Waals surface area (Å²) in [5.74, 6) is 5.70. The summed E-state index contributed by atoms with van der Waals surface area (Å²) in [6, 6.07) is 7.63. The maximum absolute atomic E-state index is 5.10. The van der Waals surface area contributed by atoms with Crippen molar-refractivity contribution in [1.82, 2.24) is 0 Å². The number of benzene rings is 1. The highest BCUT2D eigenvalue weighted by molar-refractivity contribution is 5.32. The van der Waals surface area contributed by atoms with Gasteiger partial charge >= 0.3 is 0 Å².